The summed E-state index contributed by atoms with van der Waals surface area (Å²) < 4.78 is 11.1. The highest BCUT2D eigenvalue weighted by Gasteiger charge is 2.34. The van der Waals surface area contributed by atoms with Gasteiger partial charge in [-0.25, -0.2) is 4.79 Å². The molecule has 2 aliphatic heterocycles. The third-order valence-electron chi connectivity index (χ3n) is 9.11. The lowest BCUT2D eigenvalue weighted by atomic mass is 9.99. The first-order valence-electron chi connectivity index (χ1n) is 17.6. The van der Waals surface area contributed by atoms with E-state index in [1.807, 2.05) is 6.92 Å². The monoisotopic (exact) mass is 596 g/mol. The smallest absolute Gasteiger partial charge is 0.334 e. The predicted octanol–water partition coefficient (Wildman–Crippen LogP) is 7.06. The zero-order valence-electron chi connectivity index (χ0n) is 26.9. The second-order valence-corrected chi connectivity index (χ2v) is 13.1. The van der Waals surface area contributed by atoms with Crippen molar-refractivity contribution in [1.82, 2.24) is 0 Å². The molecule has 2 heterocycles. The lowest BCUT2D eigenvalue weighted by molar-refractivity contribution is -0.139. The molecule has 2 aliphatic rings. The van der Waals surface area contributed by atoms with E-state index in [0.29, 0.717) is 24.8 Å². The van der Waals surface area contributed by atoms with Gasteiger partial charge in [0.15, 0.2) is 0 Å². The van der Waals surface area contributed by atoms with E-state index in [1.54, 1.807) is 6.08 Å². The summed E-state index contributed by atoms with van der Waals surface area (Å²) in [6, 6.07) is 0. The Morgan fingerprint density at radius 2 is 1.10 bits per heavy atom. The minimum atomic E-state index is -0.530. The molecule has 7 nitrogen and oxygen atoms in total. The molecule has 0 aliphatic carbocycles. The number of rotatable bonds is 26. The van der Waals surface area contributed by atoms with Gasteiger partial charge in [-0.3, -0.25) is 0 Å². The molecular weight excluding hydrogens is 532 g/mol. The third kappa shape index (κ3) is 16.2. The quantitative estimate of drug-likeness (QED) is 0.0624. The number of unbranched alkanes of at least 4 members (excludes halogenated alkanes) is 12. The fourth-order valence-corrected chi connectivity index (χ4v) is 6.42. The van der Waals surface area contributed by atoms with Gasteiger partial charge in [-0.05, 0) is 57.9 Å². The first kappa shape index (κ1) is 37.2. The fraction of sp³-hybridized carbons (Fsp3) is 0.914. The minimum absolute atomic E-state index is 0.147. The van der Waals surface area contributed by atoms with Crippen molar-refractivity contribution >= 4 is 5.97 Å². The Labute approximate surface area is 256 Å². The highest BCUT2D eigenvalue weighted by atomic mass is 16.5. The Balaban J connectivity index is 1.41. The number of carbonyl (C=O) groups excluding carboxylic acids is 1. The number of hydrogen-bond acceptors (Lipinski definition) is 7. The molecule has 0 aromatic rings. The van der Waals surface area contributed by atoms with Crippen molar-refractivity contribution in [2.24, 2.45) is 0 Å². The SMILES string of the molecule is CCCCCCCCCCCC[C@H](O)[C@H]1CC[C@H]([C@H](O)CCCC[C@@H](O)CCCCC[C@H](O)CC2=C[C@H](C)OC2=O)O1. The first-order chi connectivity index (χ1) is 20.3. The van der Waals surface area contributed by atoms with E-state index in [0.717, 1.165) is 70.6 Å². The van der Waals surface area contributed by atoms with Gasteiger partial charge in [0.1, 0.15) is 6.10 Å². The predicted molar refractivity (Wildman–Crippen MR) is 168 cm³/mol. The average molecular weight is 597 g/mol. The van der Waals surface area contributed by atoms with E-state index in [2.05, 4.69) is 6.92 Å². The van der Waals surface area contributed by atoms with E-state index in [-0.39, 0.29) is 30.4 Å². The van der Waals surface area contributed by atoms with Crippen LogP contribution in [0.4, 0.5) is 0 Å². The molecular formula is C35H64O7. The van der Waals surface area contributed by atoms with Gasteiger partial charge in [0.25, 0.3) is 0 Å². The van der Waals surface area contributed by atoms with Crippen molar-refractivity contribution < 1.29 is 34.7 Å². The summed E-state index contributed by atoms with van der Waals surface area (Å²) in [5, 5.41) is 41.7. The molecule has 1 saturated heterocycles. The summed E-state index contributed by atoms with van der Waals surface area (Å²) in [5.74, 6) is -0.314. The Bertz CT molecular complexity index is 726. The topological polar surface area (TPSA) is 116 Å². The van der Waals surface area contributed by atoms with Gasteiger partial charge in [0.2, 0.25) is 0 Å². The average Bonchev–Trinajstić information content (AvgIpc) is 3.58. The number of esters is 1. The van der Waals surface area contributed by atoms with Gasteiger partial charge >= 0.3 is 5.97 Å². The van der Waals surface area contributed by atoms with Crippen LogP contribution in [0.2, 0.25) is 0 Å². The first-order valence-corrected chi connectivity index (χ1v) is 17.6. The summed E-state index contributed by atoms with van der Waals surface area (Å²) >= 11 is 0. The van der Waals surface area contributed by atoms with Crippen molar-refractivity contribution in [3.63, 3.8) is 0 Å². The van der Waals surface area contributed by atoms with Crippen LogP contribution in [0.25, 0.3) is 0 Å². The Morgan fingerprint density at radius 3 is 1.62 bits per heavy atom. The van der Waals surface area contributed by atoms with Crippen molar-refractivity contribution in [3.8, 4) is 0 Å². The Morgan fingerprint density at radius 1 is 0.667 bits per heavy atom. The second-order valence-electron chi connectivity index (χ2n) is 13.1. The molecule has 0 saturated carbocycles. The van der Waals surface area contributed by atoms with Crippen LogP contribution in [0.15, 0.2) is 11.6 Å². The Hall–Kier alpha value is -0.990. The normalized spacial score (nSPS) is 23.5. The number of ether oxygens (including phenoxy) is 2. The van der Waals surface area contributed by atoms with E-state index in [1.165, 1.54) is 57.8 Å². The summed E-state index contributed by atoms with van der Waals surface area (Å²) in [4.78, 5) is 11.6. The molecule has 2 rings (SSSR count). The van der Waals surface area contributed by atoms with E-state index >= 15 is 0 Å². The van der Waals surface area contributed by atoms with Crippen molar-refractivity contribution in [2.45, 2.75) is 204 Å². The summed E-state index contributed by atoms with van der Waals surface area (Å²) in [6.07, 6.45) is 22.4. The van der Waals surface area contributed by atoms with Gasteiger partial charge in [-0.1, -0.05) is 103 Å². The van der Waals surface area contributed by atoms with Crippen LogP contribution >= 0.6 is 0 Å². The molecule has 0 radical (unpaired) electrons. The van der Waals surface area contributed by atoms with Crippen LogP contribution in [0.1, 0.15) is 162 Å². The number of carbonyl (C=O) groups is 1. The van der Waals surface area contributed by atoms with Crippen LogP contribution in [0.5, 0.6) is 0 Å². The third-order valence-corrected chi connectivity index (χ3v) is 9.11. The van der Waals surface area contributed by atoms with Crippen LogP contribution in [0.3, 0.4) is 0 Å². The van der Waals surface area contributed by atoms with Crippen LogP contribution in [-0.4, -0.2) is 69.1 Å². The molecule has 0 amide bonds. The molecule has 0 aromatic heterocycles. The van der Waals surface area contributed by atoms with Gasteiger partial charge in [0, 0.05) is 12.0 Å². The van der Waals surface area contributed by atoms with Gasteiger partial charge in [0.05, 0.1) is 36.6 Å². The lowest BCUT2D eigenvalue weighted by Gasteiger charge is -2.22. The zero-order valence-corrected chi connectivity index (χ0v) is 26.9. The molecule has 1 fully saturated rings. The zero-order chi connectivity index (χ0) is 30.6. The number of aliphatic hydroxyl groups is 4. The van der Waals surface area contributed by atoms with Crippen molar-refractivity contribution in [3.05, 3.63) is 11.6 Å². The largest absolute Gasteiger partial charge is 0.455 e. The fourth-order valence-electron chi connectivity index (χ4n) is 6.42. The van der Waals surface area contributed by atoms with E-state index in [4.69, 9.17) is 9.47 Å². The minimum Gasteiger partial charge on any atom is -0.455 e. The van der Waals surface area contributed by atoms with Gasteiger partial charge < -0.3 is 29.9 Å². The number of hydrogen-bond donors (Lipinski definition) is 4. The van der Waals surface area contributed by atoms with E-state index in [9.17, 15) is 25.2 Å². The summed E-state index contributed by atoms with van der Waals surface area (Å²) in [5.41, 5.74) is 0.576. The maximum Gasteiger partial charge on any atom is 0.334 e. The maximum atomic E-state index is 11.6. The molecule has 4 N–H and O–H groups in total. The Kier molecular flexibility index (Phi) is 19.9. The number of aliphatic hydroxyl groups excluding tert-OH is 4. The maximum absolute atomic E-state index is 11.6. The van der Waals surface area contributed by atoms with Gasteiger partial charge in [-0.2, -0.15) is 0 Å². The van der Waals surface area contributed by atoms with Crippen LogP contribution < -0.4 is 0 Å². The highest BCUT2D eigenvalue weighted by molar-refractivity contribution is 5.90. The molecule has 246 valence electrons. The lowest BCUT2D eigenvalue weighted by Crippen LogP contribution is -2.31. The molecule has 0 aromatic carbocycles. The standard InChI is InChI=1S/C35H64O7/c1-3-4-5-6-7-8-9-10-11-15-21-31(38)33-23-24-34(42-33)32(39)22-17-16-19-29(36)18-13-12-14-20-30(37)26-28-25-27(2)41-35(28)40/h25,27,29-34,36-39H,3-24,26H2,1-2H3/t27-,29-,30-,31-,32+,33+,34+/m0/s1. The molecule has 7 atom stereocenters. The molecule has 7 heteroatoms. The summed E-state index contributed by atoms with van der Waals surface area (Å²) in [6.45, 7) is 4.07. The molecule has 0 spiro atoms. The van der Waals surface area contributed by atoms with Crippen molar-refractivity contribution in [2.75, 3.05) is 0 Å². The van der Waals surface area contributed by atoms with E-state index < -0.39 is 18.3 Å². The summed E-state index contributed by atoms with van der Waals surface area (Å²) in [7, 11) is 0. The highest BCUT2D eigenvalue weighted by Crippen LogP contribution is 2.28. The van der Waals surface area contributed by atoms with Crippen LogP contribution in [0, 0.1) is 0 Å². The molecule has 42 heavy (non-hydrogen) atoms. The molecule has 0 unspecified atom stereocenters. The van der Waals surface area contributed by atoms with Gasteiger partial charge in [-0.15, -0.1) is 0 Å². The second kappa shape index (κ2) is 22.5. The van der Waals surface area contributed by atoms with Crippen molar-refractivity contribution in [1.29, 1.82) is 0 Å². The molecule has 0 bridgehead atoms. The van der Waals surface area contributed by atoms with Crippen LogP contribution in [-0.2, 0) is 14.3 Å². The number of cyclic esters (lactones) is 1.